The third-order valence-corrected chi connectivity index (χ3v) is 6.19. The van der Waals surface area contributed by atoms with E-state index in [0.29, 0.717) is 43.1 Å². The summed E-state index contributed by atoms with van der Waals surface area (Å²) in [5.74, 6) is -1.25. The normalized spacial score (nSPS) is 15.9. The van der Waals surface area contributed by atoms with Crippen LogP contribution in [0.15, 0.2) is 54.7 Å². The lowest BCUT2D eigenvalue weighted by atomic mass is 10.0. The molecule has 0 unspecified atom stereocenters. The smallest absolute Gasteiger partial charge is 0.387 e. The van der Waals surface area contributed by atoms with Gasteiger partial charge in [-0.25, -0.2) is 14.2 Å². The molecule has 1 amide bonds. The highest BCUT2D eigenvalue weighted by Gasteiger charge is 2.28. The molecular formula is C27H19F3N4O4. The van der Waals surface area contributed by atoms with Crippen molar-refractivity contribution >= 4 is 29.5 Å². The van der Waals surface area contributed by atoms with Crippen LogP contribution in [0.2, 0.25) is 0 Å². The number of ether oxygens (including phenoxy) is 2. The first-order valence-electron chi connectivity index (χ1n) is 11.6. The van der Waals surface area contributed by atoms with Gasteiger partial charge in [-0.2, -0.15) is 14.0 Å². The minimum Gasteiger partial charge on any atom is -0.435 e. The van der Waals surface area contributed by atoms with Gasteiger partial charge >= 0.3 is 12.6 Å². The largest absolute Gasteiger partial charge is 0.435 e. The lowest BCUT2D eigenvalue weighted by molar-refractivity contribution is -0.0498. The van der Waals surface area contributed by atoms with Crippen LogP contribution >= 0.6 is 0 Å². The molecule has 0 aliphatic carbocycles. The Morgan fingerprint density at radius 3 is 2.55 bits per heavy atom. The van der Waals surface area contributed by atoms with E-state index in [-0.39, 0.29) is 28.2 Å². The van der Waals surface area contributed by atoms with Gasteiger partial charge in [0.25, 0.3) is 5.91 Å². The fourth-order valence-corrected chi connectivity index (χ4v) is 4.29. The molecule has 0 spiro atoms. The molecule has 1 aromatic heterocycles. The van der Waals surface area contributed by atoms with Crippen LogP contribution in [0.1, 0.15) is 37.4 Å². The predicted molar refractivity (Wildman–Crippen MR) is 130 cm³/mol. The van der Waals surface area contributed by atoms with Gasteiger partial charge in [0.05, 0.1) is 16.7 Å². The first-order chi connectivity index (χ1) is 18.3. The fraction of sp³-hybridized carbons (Fsp3) is 0.185. The number of benzene rings is 2. The molecule has 0 N–H and O–H groups in total. The maximum absolute atomic E-state index is 14.7. The summed E-state index contributed by atoms with van der Waals surface area (Å²) in [5, 5.41) is 8.92. The van der Waals surface area contributed by atoms with Crippen molar-refractivity contribution in [2.24, 2.45) is 0 Å². The van der Waals surface area contributed by atoms with E-state index < -0.39 is 24.3 Å². The minimum absolute atomic E-state index is 0.0678. The minimum atomic E-state index is -3.04. The van der Waals surface area contributed by atoms with E-state index in [0.717, 1.165) is 6.07 Å². The monoisotopic (exact) mass is 520 g/mol. The number of aromatic nitrogens is 1. The summed E-state index contributed by atoms with van der Waals surface area (Å²) in [7, 11) is 0. The maximum atomic E-state index is 14.7. The molecule has 3 heterocycles. The van der Waals surface area contributed by atoms with E-state index >= 15 is 0 Å². The number of amides is 1. The zero-order valence-electron chi connectivity index (χ0n) is 19.7. The van der Waals surface area contributed by atoms with Crippen molar-refractivity contribution in [1.29, 1.82) is 5.26 Å². The van der Waals surface area contributed by atoms with Crippen LogP contribution < -0.4 is 9.64 Å². The number of hydrogen-bond donors (Lipinski definition) is 0. The Morgan fingerprint density at radius 2 is 1.87 bits per heavy atom. The summed E-state index contributed by atoms with van der Waals surface area (Å²) in [4.78, 5) is 33.1. The molecule has 2 aliphatic heterocycles. The van der Waals surface area contributed by atoms with E-state index in [2.05, 4.69) is 9.72 Å². The fourth-order valence-electron chi connectivity index (χ4n) is 4.29. The van der Waals surface area contributed by atoms with E-state index in [1.807, 2.05) is 11.0 Å². The highest BCUT2D eigenvalue weighted by molar-refractivity contribution is 6.06. The lowest BCUT2D eigenvalue weighted by Crippen LogP contribution is -2.49. The summed E-state index contributed by atoms with van der Waals surface area (Å²) in [6.07, 6.45) is 2.91. The molecule has 1 fully saturated rings. The number of anilines is 1. The number of carbonyl (C=O) groups is 2. The number of nitrogens with zero attached hydrogens (tertiary/aromatic N) is 4. The van der Waals surface area contributed by atoms with Crippen molar-refractivity contribution in [2.75, 3.05) is 31.1 Å². The zero-order chi connectivity index (χ0) is 26.8. The zero-order valence-corrected chi connectivity index (χ0v) is 19.7. The van der Waals surface area contributed by atoms with Crippen LogP contribution in [-0.2, 0) is 4.74 Å². The van der Waals surface area contributed by atoms with E-state index in [1.54, 1.807) is 12.1 Å². The molecule has 0 saturated carbocycles. The number of nitriles is 1. The molecule has 2 aromatic carbocycles. The van der Waals surface area contributed by atoms with Crippen LogP contribution in [-0.4, -0.2) is 54.6 Å². The Bertz CT molecular complexity index is 1480. The average Bonchev–Trinajstić information content (AvgIpc) is 3.23. The standard InChI is InChI=1S/C27H19F3N4O4/c28-22-5-1-16(12-23-20-13-18(37-27(29)30)3-4-19(20)26(36)38-23)11-21(22)25(35)34-9-7-33(8-10-34)24-6-2-17(14-31)15-32-24/h1-6,11-13,15,27H,7-10H2/b23-12-. The second-order valence-corrected chi connectivity index (χ2v) is 8.52. The molecule has 11 heteroatoms. The van der Waals surface area contributed by atoms with Gasteiger partial charge in [-0.05, 0) is 54.1 Å². The third kappa shape index (κ3) is 5.01. The number of alkyl halides is 2. The summed E-state index contributed by atoms with van der Waals surface area (Å²) < 4.78 is 49.6. The van der Waals surface area contributed by atoms with Crippen LogP contribution in [0, 0.1) is 17.1 Å². The number of rotatable bonds is 5. The van der Waals surface area contributed by atoms with Crippen molar-refractivity contribution in [3.05, 3.63) is 88.4 Å². The molecule has 38 heavy (non-hydrogen) atoms. The number of cyclic esters (lactones) is 1. The van der Waals surface area contributed by atoms with Gasteiger partial charge in [0.1, 0.15) is 29.2 Å². The number of fused-ring (bicyclic) bond motifs is 1. The van der Waals surface area contributed by atoms with Crippen LogP contribution in [0.4, 0.5) is 19.0 Å². The molecule has 2 aliphatic rings. The summed E-state index contributed by atoms with van der Waals surface area (Å²) >= 11 is 0. The van der Waals surface area contributed by atoms with Crippen molar-refractivity contribution in [3.8, 4) is 11.8 Å². The maximum Gasteiger partial charge on any atom is 0.387 e. The Morgan fingerprint density at radius 1 is 1.08 bits per heavy atom. The van der Waals surface area contributed by atoms with Gasteiger partial charge in [-0.15, -0.1) is 0 Å². The topological polar surface area (TPSA) is 95.8 Å². The van der Waals surface area contributed by atoms with Gasteiger partial charge in [0.2, 0.25) is 0 Å². The number of hydrogen-bond acceptors (Lipinski definition) is 7. The van der Waals surface area contributed by atoms with E-state index in [1.165, 1.54) is 47.5 Å². The summed E-state index contributed by atoms with van der Waals surface area (Å²) in [6, 6.07) is 13.2. The molecule has 8 nitrogen and oxygen atoms in total. The molecule has 1 saturated heterocycles. The van der Waals surface area contributed by atoms with Gasteiger partial charge in [0.15, 0.2) is 0 Å². The van der Waals surface area contributed by atoms with Crippen molar-refractivity contribution in [1.82, 2.24) is 9.88 Å². The number of esters is 1. The van der Waals surface area contributed by atoms with Gasteiger partial charge in [0, 0.05) is 37.9 Å². The van der Waals surface area contributed by atoms with Gasteiger partial charge in [-0.3, -0.25) is 4.79 Å². The Kier molecular flexibility index (Phi) is 6.70. The molecule has 192 valence electrons. The number of piperazine rings is 1. The van der Waals surface area contributed by atoms with Crippen molar-refractivity contribution in [2.45, 2.75) is 6.61 Å². The lowest BCUT2D eigenvalue weighted by Gasteiger charge is -2.35. The number of carbonyl (C=O) groups excluding carboxylic acids is 2. The molecule has 0 radical (unpaired) electrons. The molecule has 0 atom stereocenters. The Balaban J connectivity index is 1.33. The quantitative estimate of drug-likeness (QED) is 0.463. The first-order valence-corrected chi connectivity index (χ1v) is 11.6. The highest BCUT2D eigenvalue weighted by Crippen LogP contribution is 2.34. The second kappa shape index (κ2) is 10.3. The third-order valence-electron chi connectivity index (χ3n) is 6.19. The number of pyridine rings is 1. The van der Waals surface area contributed by atoms with E-state index in [9.17, 15) is 22.8 Å². The first kappa shape index (κ1) is 24.8. The second-order valence-electron chi connectivity index (χ2n) is 8.52. The van der Waals surface area contributed by atoms with Crippen LogP contribution in [0.3, 0.4) is 0 Å². The molecule has 3 aromatic rings. The van der Waals surface area contributed by atoms with Crippen LogP contribution in [0.25, 0.3) is 11.8 Å². The highest BCUT2D eigenvalue weighted by atomic mass is 19.3. The summed E-state index contributed by atoms with van der Waals surface area (Å²) in [5.41, 5.74) is 1.10. The van der Waals surface area contributed by atoms with E-state index in [4.69, 9.17) is 10.00 Å². The molecule has 0 bridgehead atoms. The SMILES string of the molecule is N#Cc1ccc(N2CCN(C(=O)c3cc(/C=C4\OC(=O)c5ccc(OC(F)F)cc54)ccc3F)CC2)nc1. The van der Waals surface area contributed by atoms with Crippen LogP contribution in [0.5, 0.6) is 5.75 Å². The Labute approximate surface area is 215 Å². The number of halogens is 3. The molecular weight excluding hydrogens is 501 g/mol. The van der Waals surface area contributed by atoms with Gasteiger partial charge < -0.3 is 19.3 Å². The Hall–Kier alpha value is -4.85. The average molecular weight is 520 g/mol. The molecule has 5 rings (SSSR count). The predicted octanol–water partition coefficient (Wildman–Crippen LogP) is 4.32. The van der Waals surface area contributed by atoms with Crippen molar-refractivity contribution in [3.63, 3.8) is 0 Å². The van der Waals surface area contributed by atoms with Gasteiger partial charge in [-0.1, -0.05) is 6.07 Å². The summed E-state index contributed by atoms with van der Waals surface area (Å²) in [6.45, 7) is -1.41. The van der Waals surface area contributed by atoms with Crippen molar-refractivity contribution < 1.29 is 32.2 Å².